The number of carbonyl (C=O) groups excluding carboxylic acids is 2. The van der Waals surface area contributed by atoms with Gasteiger partial charge in [-0.2, -0.15) is 0 Å². The summed E-state index contributed by atoms with van der Waals surface area (Å²) in [5.41, 5.74) is 3.53. The van der Waals surface area contributed by atoms with Crippen molar-refractivity contribution in [2.24, 2.45) is 5.92 Å². The predicted molar refractivity (Wildman–Crippen MR) is 119 cm³/mol. The van der Waals surface area contributed by atoms with Crippen LogP contribution in [-0.4, -0.2) is 50.6 Å². The molecule has 1 amide bonds. The van der Waals surface area contributed by atoms with Gasteiger partial charge < -0.3 is 10.2 Å². The second-order valence-corrected chi connectivity index (χ2v) is 8.53. The molecule has 2 fully saturated rings. The van der Waals surface area contributed by atoms with E-state index in [1.54, 1.807) is 6.20 Å². The second kappa shape index (κ2) is 8.49. The Morgan fingerprint density at radius 2 is 2.00 bits per heavy atom. The molecule has 0 bridgehead atoms. The molecule has 1 saturated carbocycles. The molecule has 31 heavy (non-hydrogen) atoms. The van der Waals surface area contributed by atoms with Crippen molar-refractivity contribution in [3.63, 3.8) is 0 Å². The molecule has 0 spiro atoms. The van der Waals surface area contributed by atoms with E-state index in [2.05, 4.69) is 15.3 Å². The normalized spacial score (nSPS) is 16.3. The van der Waals surface area contributed by atoms with Crippen molar-refractivity contribution in [1.29, 1.82) is 0 Å². The zero-order valence-corrected chi connectivity index (χ0v) is 17.6. The smallest absolute Gasteiger partial charge is 0.222 e. The molecule has 0 radical (unpaired) electrons. The number of fused-ring (bicyclic) bond motifs is 1. The summed E-state index contributed by atoms with van der Waals surface area (Å²) in [5, 5.41) is 3.36. The summed E-state index contributed by atoms with van der Waals surface area (Å²) in [6, 6.07) is 7.81. The molecule has 5 rings (SSSR count). The molecule has 0 unspecified atom stereocenters. The molecule has 3 aromatic rings. The van der Waals surface area contributed by atoms with Gasteiger partial charge in [0.2, 0.25) is 5.91 Å². The van der Waals surface area contributed by atoms with Crippen molar-refractivity contribution < 1.29 is 9.59 Å². The topological polar surface area (TPSA) is 79.6 Å². The van der Waals surface area contributed by atoms with Crippen LogP contribution in [0.15, 0.2) is 42.9 Å². The maximum atomic E-state index is 12.3. The minimum atomic E-state index is 0.235. The molecule has 3 heterocycles. The van der Waals surface area contributed by atoms with E-state index in [9.17, 15) is 9.59 Å². The standard InChI is InChI=1S/C24H27N5O2/c30-21(15-17-4-5-17)19-8-6-18(7-9-19)20-16-27-24-23(26-11-14-29(20)24)25-10-2-13-28-12-1-3-22(28)31/h6-9,11,14,16-17H,1-5,10,12-13,15H2,(H,25,26). The van der Waals surface area contributed by atoms with Gasteiger partial charge in [0.25, 0.3) is 0 Å². The first-order valence-corrected chi connectivity index (χ1v) is 11.2. The Labute approximate surface area is 181 Å². The Hall–Kier alpha value is -3.22. The lowest BCUT2D eigenvalue weighted by Crippen LogP contribution is -2.27. The Kier molecular flexibility index (Phi) is 5.40. The first kappa shape index (κ1) is 19.7. The molecule has 1 aliphatic heterocycles. The molecule has 1 aromatic carbocycles. The first-order valence-electron chi connectivity index (χ1n) is 11.2. The molecule has 2 aromatic heterocycles. The highest BCUT2D eigenvalue weighted by Crippen LogP contribution is 2.33. The average Bonchev–Trinajstić information content (AvgIpc) is 3.34. The largest absolute Gasteiger partial charge is 0.367 e. The monoisotopic (exact) mass is 417 g/mol. The molecule has 1 N–H and O–H groups in total. The van der Waals surface area contributed by atoms with E-state index in [4.69, 9.17) is 0 Å². The Morgan fingerprint density at radius 1 is 1.16 bits per heavy atom. The maximum absolute atomic E-state index is 12.3. The number of amides is 1. The molecular weight excluding hydrogens is 390 g/mol. The molecule has 0 atom stereocenters. The highest BCUT2D eigenvalue weighted by molar-refractivity contribution is 5.96. The Morgan fingerprint density at radius 3 is 2.74 bits per heavy atom. The quantitative estimate of drug-likeness (QED) is 0.423. The van der Waals surface area contributed by atoms with Crippen molar-refractivity contribution in [3.8, 4) is 11.3 Å². The van der Waals surface area contributed by atoms with Gasteiger partial charge in [-0.3, -0.25) is 14.0 Å². The number of aromatic nitrogens is 3. The van der Waals surface area contributed by atoms with Crippen molar-refractivity contribution >= 4 is 23.2 Å². The summed E-state index contributed by atoms with van der Waals surface area (Å²) in [6.45, 7) is 2.39. The van der Waals surface area contributed by atoms with Crippen LogP contribution < -0.4 is 5.32 Å². The van der Waals surface area contributed by atoms with Crippen molar-refractivity contribution in [2.45, 2.75) is 38.5 Å². The number of anilines is 1. The van der Waals surface area contributed by atoms with E-state index < -0.39 is 0 Å². The van der Waals surface area contributed by atoms with Crippen molar-refractivity contribution in [3.05, 3.63) is 48.4 Å². The van der Waals surface area contributed by atoms with Gasteiger partial charge in [0.1, 0.15) is 0 Å². The maximum Gasteiger partial charge on any atom is 0.222 e. The van der Waals surface area contributed by atoms with Crippen molar-refractivity contribution in [2.75, 3.05) is 25.0 Å². The molecule has 160 valence electrons. The zero-order chi connectivity index (χ0) is 21.2. The number of hydrogen-bond donors (Lipinski definition) is 1. The van der Waals surface area contributed by atoms with E-state index in [1.165, 1.54) is 12.8 Å². The minimum absolute atomic E-state index is 0.235. The fraction of sp³-hybridized carbons (Fsp3) is 0.417. The molecular formula is C24H27N5O2. The van der Waals surface area contributed by atoms with Gasteiger partial charge in [0, 0.05) is 56.0 Å². The fourth-order valence-corrected chi connectivity index (χ4v) is 4.20. The number of nitrogens with zero attached hydrogens (tertiary/aromatic N) is 4. The van der Waals surface area contributed by atoms with E-state index in [0.717, 1.165) is 60.8 Å². The third-order valence-electron chi connectivity index (χ3n) is 6.17. The number of carbonyl (C=O) groups is 2. The molecule has 1 aliphatic carbocycles. The summed E-state index contributed by atoms with van der Waals surface area (Å²) >= 11 is 0. The highest BCUT2D eigenvalue weighted by Gasteiger charge is 2.25. The minimum Gasteiger partial charge on any atom is -0.367 e. The summed E-state index contributed by atoms with van der Waals surface area (Å²) in [6.07, 6.45) is 11.1. The van der Waals surface area contributed by atoms with E-state index in [1.807, 2.05) is 46.0 Å². The predicted octanol–water partition coefficient (Wildman–Crippen LogP) is 3.80. The van der Waals surface area contributed by atoms with Gasteiger partial charge in [-0.1, -0.05) is 24.3 Å². The fourth-order valence-electron chi connectivity index (χ4n) is 4.20. The van der Waals surface area contributed by atoms with Crippen LogP contribution in [0.3, 0.4) is 0 Å². The van der Waals surface area contributed by atoms with E-state index in [0.29, 0.717) is 18.8 Å². The number of nitrogens with one attached hydrogen (secondary N) is 1. The van der Waals surface area contributed by atoms with Gasteiger partial charge >= 0.3 is 0 Å². The number of imidazole rings is 1. The zero-order valence-electron chi connectivity index (χ0n) is 17.6. The van der Waals surface area contributed by atoms with Crippen LogP contribution in [-0.2, 0) is 4.79 Å². The lowest BCUT2D eigenvalue weighted by molar-refractivity contribution is -0.127. The van der Waals surface area contributed by atoms with Crippen LogP contribution in [0.1, 0.15) is 48.9 Å². The highest BCUT2D eigenvalue weighted by atomic mass is 16.2. The van der Waals surface area contributed by atoms with Crippen LogP contribution in [0.2, 0.25) is 0 Å². The van der Waals surface area contributed by atoms with Crippen LogP contribution in [0.5, 0.6) is 0 Å². The van der Waals surface area contributed by atoms with Crippen LogP contribution in [0.25, 0.3) is 16.9 Å². The van der Waals surface area contributed by atoms with Crippen LogP contribution in [0.4, 0.5) is 5.82 Å². The summed E-state index contributed by atoms with van der Waals surface area (Å²) in [7, 11) is 0. The number of hydrogen-bond acceptors (Lipinski definition) is 5. The second-order valence-electron chi connectivity index (χ2n) is 8.53. The summed E-state index contributed by atoms with van der Waals surface area (Å²) < 4.78 is 2.01. The average molecular weight is 418 g/mol. The molecule has 7 nitrogen and oxygen atoms in total. The molecule has 2 aliphatic rings. The molecule has 1 saturated heterocycles. The lowest BCUT2D eigenvalue weighted by atomic mass is 10.0. The van der Waals surface area contributed by atoms with Crippen LogP contribution >= 0.6 is 0 Å². The number of rotatable bonds is 9. The van der Waals surface area contributed by atoms with Crippen molar-refractivity contribution in [1.82, 2.24) is 19.3 Å². The van der Waals surface area contributed by atoms with Crippen LogP contribution in [0, 0.1) is 5.92 Å². The number of ketones is 1. The number of Topliss-reactive ketones (excluding diaryl/α,β-unsaturated/α-hetero) is 1. The summed E-state index contributed by atoms with van der Waals surface area (Å²) in [4.78, 5) is 35.0. The Bertz CT molecular complexity index is 1100. The van der Waals surface area contributed by atoms with Gasteiger partial charge in [0.05, 0.1) is 11.9 Å². The first-order chi connectivity index (χ1) is 15.2. The van der Waals surface area contributed by atoms with Gasteiger partial charge in [0.15, 0.2) is 17.2 Å². The van der Waals surface area contributed by atoms with Gasteiger partial charge in [-0.15, -0.1) is 0 Å². The van der Waals surface area contributed by atoms with E-state index >= 15 is 0 Å². The van der Waals surface area contributed by atoms with Gasteiger partial charge in [-0.05, 0) is 31.6 Å². The third kappa shape index (κ3) is 4.31. The summed E-state index contributed by atoms with van der Waals surface area (Å²) in [5.74, 6) is 1.83. The third-order valence-corrected chi connectivity index (χ3v) is 6.17. The lowest BCUT2D eigenvalue weighted by Gasteiger charge is -2.15. The SMILES string of the molecule is O=C(CC1CC1)c1ccc(-c2cnc3c(NCCCN4CCCC4=O)nccn23)cc1. The van der Waals surface area contributed by atoms with Gasteiger partial charge in [-0.25, -0.2) is 9.97 Å². The number of likely N-dealkylation sites (tertiary alicyclic amines) is 1. The Balaban J connectivity index is 1.26. The molecule has 7 heteroatoms. The number of benzene rings is 1. The van der Waals surface area contributed by atoms with E-state index in [-0.39, 0.29) is 11.7 Å².